The number of rotatable bonds is 2. The van der Waals surface area contributed by atoms with Crippen molar-refractivity contribution in [3.05, 3.63) is 11.6 Å². The number of aromatic nitrogens is 3. The number of nitrogens with one attached hydrogen (secondary N) is 2. The molecule has 1 saturated heterocycles. The van der Waals surface area contributed by atoms with Crippen LogP contribution in [0.1, 0.15) is 30.4 Å². The monoisotopic (exact) mass is 264 g/mol. The molecule has 1 saturated carbocycles. The summed E-state index contributed by atoms with van der Waals surface area (Å²) >= 11 is 0. The van der Waals surface area contributed by atoms with Crippen molar-refractivity contribution in [2.45, 2.75) is 25.7 Å². The van der Waals surface area contributed by atoms with Gasteiger partial charge in [0.05, 0.1) is 0 Å². The number of H-pyrrole nitrogens is 1. The Morgan fingerprint density at radius 2 is 1.94 bits per heavy atom. The van der Waals surface area contributed by atoms with Crippen LogP contribution < -0.4 is 5.32 Å². The zero-order valence-corrected chi connectivity index (χ0v) is 10.9. The summed E-state index contributed by atoms with van der Waals surface area (Å²) in [5, 5.41) is 10.7. The Balaban J connectivity index is 0.000000640. The molecule has 0 aromatic carbocycles. The lowest BCUT2D eigenvalue weighted by atomic mass is 9.91. The number of hydrogen-bond donors (Lipinski definition) is 2. The van der Waals surface area contributed by atoms with Gasteiger partial charge in [-0.05, 0) is 38.1 Å². The molecule has 2 unspecified atom stereocenters. The van der Waals surface area contributed by atoms with E-state index in [-0.39, 0.29) is 24.8 Å². The summed E-state index contributed by atoms with van der Waals surface area (Å²) in [6.45, 7) is 4.17. The van der Waals surface area contributed by atoms with Crippen LogP contribution in [0.4, 0.5) is 0 Å². The van der Waals surface area contributed by atoms with Gasteiger partial charge in [-0.2, -0.15) is 5.10 Å². The normalized spacial score (nSPS) is 28.3. The van der Waals surface area contributed by atoms with E-state index in [2.05, 4.69) is 20.5 Å². The topological polar surface area (TPSA) is 53.6 Å². The fraction of sp³-hybridized carbons (Fsp3) is 0.800. The summed E-state index contributed by atoms with van der Waals surface area (Å²) in [7, 11) is 0. The lowest BCUT2D eigenvalue weighted by Gasteiger charge is -2.13. The van der Waals surface area contributed by atoms with Gasteiger partial charge in [0.1, 0.15) is 5.82 Å². The molecule has 16 heavy (non-hydrogen) atoms. The Morgan fingerprint density at radius 1 is 1.19 bits per heavy atom. The van der Waals surface area contributed by atoms with Crippen LogP contribution in [-0.4, -0.2) is 28.3 Å². The first-order valence-electron chi connectivity index (χ1n) is 5.44. The van der Waals surface area contributed by atoms with Crippen LogP contribution in [0, 0.1) is 18.8 Å². The van der Waals surface area contributed by atoms with E-state index in [0.717, 1.165) is 36.6 Å². The van der Waals surface area contributed by atoms with Crippen LogP contribution >= 0.6 is 24.8 Å². The number of aryl methyl sites for hydroxylation is 1. The zero-order valence-electron chi connectivity index (χ0n) is 9.27. The van der Waals surface area contributed by atoms with Crippen molar-refractivity contribution in [1.82, 2.24) is 20.5 Å². The number of hydrogen-bond acceptors (Lipinski definition) is 3. The quantitative estimate of drug-likeness (QED) is 0.855. The summed E-state index contributed by atoms with van der Waals surface area (Å²) in [4.78, 5) is 4.45. The second-order valence-electron chi connectivity index (χ2n) is 4.55. The fourth-order valence-electron chi connectivity index (χ4n) is 2.53. The van der Waals surface area contributed by atoms with Gasteiger partial charge >= 0.3 is 0 Å². The minimum absolute atomic E-state index is 0. The third-order valence-electron chi connectivity index (χ3n) is 3.43. The van der Waals surface area contributed by atoms with E-state index in [9.17, 15) is 0 Å². The molecule has 92 valence electrons. The van der Waals surface area contributed by atoms with E-state index in [0.29, 0.717) is 5.92 Å². The lowest BCUT2D eigenvalue weighted by molar-refractivity contribution is 0.443. The van der Waals surface area contributed by atoms with Gasteiger partial charge in [0, 0.05) is 12.5 Å². The molecule has 0 spiro atoms. The molecule has 0 amide bonds. The van der Waals surface area contributed by atoms with Crippen molar-refractivity contribution in [3.8, 4) is 0 Å². The van der Waals surface area contributed by atoms with Crippen molar-refractivity contribution < 1.29 is 0 Å². The van der Waals surface area contributed by atoms with Crippen molar-refractivity contribution in [1.29, 1.82) is 0 Å². The highest BCUT2D eigenvalue weighted by Gasteiger charge is 2.41. The molecule has 0 radical (unpaired) electrons. The van der Waals surface area contributed by atoms with Crippen LogP contribution in [0.5, 0.6) is 0 Å². The standard InChI is InChI=1S/C10H16N4.2ClH/c1-6-12-10(14-13-6)9-5-11-4-8(9)7-2-3-7;;/h7-9,11H,2-5H2,1H3,(H,12,13,14);2*1H. The maximum atomic E-state index is 4.45. The third kappa shape index (κ3) is 2.50. The summed E-state index contributed by atoms with van der Waals surface area (Å²) in [5.41, 5.74) is 0. The number of aromatic amines is 1. The van der Waals surface area contributed by atoms with Crippen molar-refractivity contribution in [2.75, 3.05) is 13.1 Å². The fourth-order valence-corrected chi connectivity index (χ4v) is 2.53. The molecule has 2 N–H and O–H groups in total. The summed E-state index contributed by atoms with van der Waals surface area (Å²) in [6, 6.07) is 0. The van der Waals surface area contributed by atoms with Crippen molar-refractivity contribution in [2.24, 2.45) is 11.8 Å². The molecule has 2 aliphatic rings. The van der Waals surface area contributed by atoms with Crippen molar-refractivity contribution in [3.63, 3.8) is 0 Å². The highest BCUT2D eigenvalue weighted by molar-refractivity contribution is 5.85. The molecule has 1 aromatic heterocycles. The van der Waals surface area contributed by atoms with E-state index in [1.165, 1.54) is 12.8 Å². The molecule has 1 aliphatic carbocycles. The van der Waals surface area contributed by atoms with Gasteiger partial charge in [-0.3, -0.25) is 5.10 Å². The SMILES string of the molecule is Cc1nc(C2CNCC2C2CC2)n[nH]1.Cl.Cl. The largest absolute Gasteiger partial charge is 0.316 e. The van der Waals surface area contributed by atoms with Crippen LogP contribution in [-0.2, 0) is 0 Å². The average molecular weight is 265 g/mol. The smallest absolute Gasteiger partial charge is 0.155 e. The van der Waals surface area contributed by atoms with E-state index in [1.54, 1.807) is 0 Å². The summed E-state index contributed by atoms with van der Waals surface area (Å²) in [5.74, 6) is 4.22. The van der Waals surface area contributed by atoms with Gasteiger partial charge in [0.2, 0.25) is 0 Å². The first kappa shape index (κ1) is 13.7. The molecule has 1 aliphatic heterocycles. The Bertz CT molecular complexity index is 337. The highest BCUT2D eigenvalue weighted by Crippen LogP contribution is 2.44. The van der Waals surface area contributed by atoms with Crippen LogP contribution in [0.2, 0.25) is 0 Å². The first-order chi connectivity index (χ1) is 6.84. The van der Waals surface area contributed by atoms with Crippen LogP contribution in [0.25, 0.3) is 0 Å². The highest BCUT2D eigenvalue weighted by atomic mass is 35.5. The average Bonchev–Trinajstić information content (AvgIpc) is 2.75. The van der Waals surface area contributed by atoms with Gasteiger partial charge in [-0.25, -0.2) is 4.98 Å². The van der Waals surface area contributed by atoms with Gasteiger partial charge in [-0.1, -0.05) is 0 Å². The van der Waals surface area contributed by atoms with Gasteiger partial charge in [-0.15, -0.1) is 24.8 Å². The Labute approximate surface area is 108 Å². The maximum absolute atomic E-state index is 4.45. The Hall–Kier alpha value is -0.320. The molecule has 3 rings (SSSR count). The minimum atomic E-state index is 0. The van der Waals surface area contributed by atoms with E-state index < -0.39 is 0 Å². The summed E-state index contributed by atoms with van der Waals surface area (Å²) < 4.78 is 0. The van der Waals surface area contributed by atoms with E-state index >= 15 is 0 Å². The first-order valence-corrected chi connectivity index (χ1v) is 5.44. The lowest BCUT2D eigenvalue weighted by Crippen LogP contribution is -2.14. The predicted octanol–water partition coefficient (Wildman–Crippen LogP) is 1.67. The molecular weight excluding hydrogens is 247 g/mol. The molecule has 6 heteroatoms. The van der Waals surface area contributed by atoms with E-state index in [4.69, 9.17) is 0 Å². The number of halogens is 2. The molecule has 4 nitrogen and oxygen atoms in total. The Morgan fingerprint density at radius 3 is 2.50 bits per heavy atom. The van der Waals surface area contributed by atoms with Gasteiger partial charge < -0.3 is 5.32 Å². The number of nitrogens with zero attached hydrogens (tertiary/aromatic N) is 2. The third-order valence-corrected chi connectivity index (χ3v) is 3.43. The van der Waals surface area contributed by atoms with Crippen LogP contribution in [0.15, 0.2) is 0 Å². The minimum Gasteiger partial charge on any atom is -0.316 e. The van der Waals surface area contributed by atoms with Crippen molar-refractivity contribution >= 4 is 24.8 Å². The predicted molar refractivity (Wildman–Crippen MR) is 67.4 cm³/mol. The Kier molecular flexibility index (Phi) is 4.59. The molecule has 2 fully saturated rings. The second-order valence-corrected chi connectivity index (χ2v) is 4.55. The maximum Gasteiger partial charge on any atom is 0.155 e. The van der Waals surface area contributed by atoms with Gasteiger partial charge in [0.25, 0.3) is 0 Å². The molecule has 2 atom stereocenters. The molecule has 1 aromatic rings. The van der Waals surface area contributed by atoms with E-state index in [1.807, 2.05) is 6.92 Å². The van der Waals surface area contributed by atoms with Crippen LogP contribution in [0.3, 0.4) is 0 Å². The summed E-state index contributed by atoms with van der Waals surface area (Å²) in [6.07, 6.45) is 2.82. The molecule has 0 bridgehead atoms. The zero-order chi connectivity index (χ0) is 9.54. The molecule has 2 heterocycles. The molecular formula is C10H18Cl2N4. The second kappa shape index (κ2) is 5.34. The van der Waals surface area contributed by atoms with Gasteiger partial charge in [0.15, 0.2) is 5.82 Å².